The fourth-order valence-corrected chi connectivity index (χ4v) is 6.29. The number of ether oxygens (including phenoxy) is 1. The van der Waals surface area contributed by atoms with E-state index in [0.717, 1.165) is 16.9 Å². The van der Waals surface area contributed by atoms with E-state index in [1.165, 1.54) is 5.56 Å². The molecule has 3 aliphatic heterocycles. The monoisotopic (exact) mass is 417 g/mol. The van der Waals surface area contributed by atoms with Crippen LogP contribution >= 0.6 is 0 Å². The number of rotatable bonds is 1. The van der Waals surface area contributed by atoms with Crippen LogP contribution in [0.25, 0.3) is 0 Å². The van der Waals surface area contributed by atoms with Crippen molar-refractivity contribution in [3.8, 4) is 5.75 Å². The van der Waals surface area contributed by atoms with Gasteiger partial charge in [-0.25, -0.2) is 0 Å². The maximum Gasteiger partial charge on any atom is 0.251 e. The molecule has 2 aromatic carbocycles. The number of fused-ring (bicyclic) bond motifs is 2. The van der Waals surface area contributed by atoms with Crippen LogP contribution in [0.4, 0.5) is 0 Å². The van der Waals surface area contributed by atoms with Gasteiger partial charge < -0.3 is 14.7 Å². The Morgan fingerprint density at radius 3 is 2.61 bits per heavy atom. The second-order valence-electron chi connectivity index (χ2n) is 9.49. The van der Waals surface area contributed by atoms with Crippen molar-refractivity contribution >= 4 is 5.91 Å². The van der Waals surface area contributed by atoms with Crippen molar-refractivity contribution in [2.24, 2.45) is 11.8 Å². The van der Waals surface area contributed by atoms with Gasteiger partial charge in [0, 0.05) is 24.7 Å². The fourth-order valence-electron chi connectivity index (χ4n) is 6.29. The molecule has 1 N–H and O–H groups in total. The van der Waals surface area contributed by atoms with Crippen molar-refractivity contribution in [2.75, 3.05) is 13.7 Å². The van der Waals surface area contributed by atoms with Crippen LogP contribution in [0, 0.1) is 11.8 Å². The Morgan fingerprint density at radius 1 is 1.10 bits per heavy atom. The Bertz CT molecular complexity index is 1070. The highest BCUT2D eigenvalue weighted by atomic mass is 16.5. The molecular weight excluding hydrogens is 390 g/mol. The summed E-state index contributed by atoms with van der Waals surface area (Å²) in [5.74, 6) is 0.848. The second kappa shape index (κ2) is 6.11. The molecule has 1 spiro atoms. The molecule has 4 aliphatic rings. The first-order chi connectivity index (χ1) is 14.9. The summed E-state index contributed by atoms with van der Waals surface area (Å²) in [4.78, 5) is 15.3. The molecule has 5 unspecified atom stereocenters. The van der Waals surface area contributed by atoms with Crippen LogP contribution in [0.2, 0.25) is 0 Å². The maximum absolute atomic E-state index is 13.5. The lowest BCUT2D eigenvalue weighted by Gasteiger charge is -2.53. The standard InChI is InChI=1S/C25H27N3O3/c1-16-22-24(2,30)12-13-28-25(16,22)23(29)26(3)15-27(28)21-18-9-5-4-8-17(18)14-31-20-11-7-6-10-19(20)21/h4-13,16,21-22,30H,14-15H2,1-3H3. The normalized spacial score (nSPS) is 36.0. The molecule has 6 heteroatoms. The number of carbonyl (C=O) groups excluding carboxylic acids is 1. The van der Waals surface area contributed by atoms with E-state index in [1.807, 2.05) is 50.5 Å². The highest BCUT2D eigenvalue weighted by Gasteiger charge is 2.79. The zero-order valence-corrected chi connectivity index (χ0v) is 18.0. The van der Waals surface area contributed by atoms with E-state index in [2.05, 4.69) is 41.2 Å². The van der Waals surface area contributed by atoms with E-state index in [4.69, 9.17) is 4.74 Å². The van der Waals surface area contributed by atoms with E-state index in [9.17, 15) is 9.90 Å². The van der Waals surface area contributed by atoms with Gasteiger partial charge in [0.25, 0.3) is 5.91 Å². The number of para-hydroxylation sites is 1. The zero-order valence-electron chi connectivity index (χ0n) is 18.0. The van der Waals surface area contributed by atoms with Gasteiger partial charge in [-0.2, -0.15) is 5.01 Å². The average Bonchev–Trinajstić information content (AvgIpc) is 3.43. The molecule has 6 nitrogen and oxygen atoms in total. The molecule has 2 fully saturated rings. The van der Waals surface area contributed by atoms with Crippen molar-refractivity contribution in [3.63, 3.8) is 0 Å². The molecule has 1 saturated heterocycles. The first kappa shape index (κ1) is 18.9. The van der Waals surface area contributed by atoms with Gasteiger partial charge in [-0.1, -0.05) is 49.4 Å². The van der Waals surface area contributed by atoms with E-state index < -0.39 is 11.1 Å². The molecule has 31 heavy (non-hydrogen) atoms. The summed E-state index contributed by atoms with van der Waals surface area (Å²) < 4.78 is 6.19. The fraction of sp³-hybridized carbons (Fsp3) is 0.400. The second-order valence-corrected chi connectivity index (χ2v) is 9.49. The van der Waals surface area contributed by atoms with Crippen LogP contribution in [-0.2, 0) is 11.4 Å². The smallest absolute Gasteiger partial charge is 0.251 e. The number of amides is 1. The molecule has 0 bridgehead atoms. The van der Waals surface area contributed by atoms with Crippen molar-refractivity contribution in [2.45, 2.75) is 37.6 Å². The summed E-state index contributed by atoms with van der Waals surface area (Å²) in [6.45, 7) is 4.86. The SMILES string of the molecule is CC1C2C(C)(O)C=CN3N(C4c5ccccc5COc5ccccc54)CN(C)C(=O)C123. The van der Waals surface area contributed by atoms with E-state index in [-0.39, 0.29) is 23.8 Å². The molecule has 1 amide bonds. The van der Waals surface area contributed by atoms with E-state index >= 15 is 0 Å². The summed E-state index contributed by atoms with van der Waals surface area (Å²) in [5.41, 5.74) is 1.66. The number of hydrogen-bond acceptors (Lipinski definition) is 5. The number of nitrogens with zero attached hydrogens (tertiary/aromatic N) is 3. The van der Waals surface area contributed by atoms with Gasteiger partial charge in [0.15, 0.2) is 0 Å². The molecule has 3 heterocycles. The van der Waals surface area contributed by atoms with Gasteiger partial charge in [0.2, 0.25) is 0 Å². The molecule has 6 rings (SSSR count). The van der Waals surface area contributed by atoms with Gasteiger partial charge in [-0.15, -0.1) is 0 Å². The quantitative estimate of drug-likeness (QED) is 0.773. The summed E-state index contributed by atoms with van der Waals surface area (Å²) in [6.07, 6.45) is 3.76. The minimum Gasteiger partial charge on any atom is -0.489 e. The Morgan fingerprint density at radius 2 is 1.81 bits per heavy atom. The molecule has 160 valence electrons. The molecule has 1 saturated carbocycles. The predicted octanol–water partition coefficient (Wildman–Crippen LogP) is 2.90. The number of carbonyl (C=O) groups is 1. The third kappa shape index (κ3) is 2.32. The summed E-state index contributed by atoms with van der Waals surface area (Å²) in [6, 6.07) is 16.4. The van der Waals surface area contributed by atoms with Crippen molar-refractivity contribution in [1.82, 2.24) is 14.9 Å². The lowest BCUT2D eigenvalue weighted by atomic mass is 9.90. The average molecular weight is 418 g/mol. The van der Waals surface area contributed by atoms with Gasteiger partial charge in [0.05, 0.1) is 18.3 Å². The highest BCUT2D eigenvalue weighted by molar-refractivity contribution is 5.92. The largest absolute Gasteiger partial charge is 0.489 e. The molecule has 5 atom stereocenters. The predicted molar refractivity (Wildman–Crippen MR) is 116 cm³/mol. The maximum atomic E-state index is 13.5. The third-order valence-electron chi connectivity index (χ3n) is 7.69. The highest BCUT2D eigenvalue weighted by Crippen LogP contribution is 2.65. The Kier molecular flexibility index (Phi) is 3.73. The van der Waals surface area contributed by atoms with Crippen molar-refractivity contribution in [3.05, 3.63) is 77.5 Å². The molecule has 0 aromatic heterocycles. The van der Waals surface area contributed by atoms with Crippen LogP contribution in [0.3, 0.4) is 0 Å². The van der Waals surface area contributed by atoms with E-state index in [0.29, 0.717) is 13.3 Å². The summed E-state index contributed by atoms with van der Waals surface area (Å²) in [7, 11) is 1.86. The first-order valence-corrected chi connectivity index (χ1v) is 10.9. The first-order valence-electron chi connectivity index (χ1n) is 10.9. The number of hydrogen-bond donors (Lipinski definition) is 1. The molecule has 2 aromatic rings. The van der Waals surface area contributed by atoms with Crippen LogP contribution < -0.4 is 4.74 Å². The van der Waals surface area contributed by atoms with Crippen LogP contribution in [-0.4, -0.2) is 50.8 Å². The lowest BCUT2D eigenvalue weighted by Crippen LogP contribution is -2.67. The van der Waals surface area contributed by atoms with Crippen LogP contribution in [0.1, 0.15) is 36.6 Å². The zero-order chi connectivity index (χ0) is 21.5. The van der Waals surface area contributed by atoms with Gasteiger partial charge in [-0.3, -0.25) is 9.80 Å². The molecule has 1 aliphatic carbocycles. The minimum absolute atomic E-state index is 0.0442. The molecule has 0 radical (unpaired) electrons. The van der Waals surface area contributed by atoms with Gasteiger partial charge >= 0.3 is 0 Å². The van der Waals surface area contributed by atoms with Gasteiger partial charge in [-0.05, 0) is 36.1 Å². The number of hydrazine groups is 1. The number of likely N-dealkylation sites (N-methyl/N-ethyl adjacent to an activating group) is 1. The number of benzene rings is 2. The Labute approximate surface area is 182 Å². The summed E-state index contributed by atoms with van der Waals surface area (Å²) in [5, 5.41) is 15.4. The summed E-state index contributed by atoms with van der Waals surface area (Å²) >= 11 is 0. The van der Waals surface area contributed by atoms with E-state index in [1.54, 1.807) is 4.90 Å². The molecular formula is C25H27N3O3. The van der Waals surface area contributed by atoms with Crippen LogP contribution in [0.15, 0.2) is 60.8 Å². The van der Waals surface area contributed by atoms with Crippen molar-refractivity contribution in [1.29, 1.82) is 0 Å². The topological polar surface area (TPSA) is 56.2 Å². The lowest BCUT2D eigenvalue weighted by molar-refractivity contribution is -0.181. The number of aliphatic hydroxyl groups is 1. The third-order valence-corrected chi connectivity index (χ3v) is 7.69. The Hall–Kier alpha value is -2.83. The Balaban J connectivity index is 1.56. The van der Waals surface area contributed by atoms with Crippen molar-refractivity contribution < 1.29 is 14.6 Å². The minimum atomic E-state index is -1.00. The van der Waals surface area contributed by atoms with Crippen LogP contribution in [0.5, 0.6) is 5.75 Å². The van der Waals surface area contributed by atoms with Gasteiger partial charge in [0.1, 0.15) is 17.9 Å².